The van der Waals surface area contributed by atoms with Crippen molar-refractivity contribution in [3.8, 4) is 11.3 Å². The number of nitrogens with one attached hydrogen (secondary N) is 3. The molecule has 24 heavy (non-hydrogen) atoms. The normalized spacial score (nSPS) is 11.4. The van der Waals surface area contributed by atoms with Crippen LogP contribution in [0.3, 0.4) is 0 Å². The Hall–Kier alpha value is -2.78. The second kappa shape index (κ2) is 6.77. The number of anilines is 2. The van der Waals surface area contributed by atoms with Gasteiger partial charge in [-0.05, 0) is 17.7 Å². The molecule has 3 aromatic rings. The molecule has 0 fully saturated rings. The second-order valence-electron chi connectivity index (χ2n) is 5.19. The van der Waals surface area contributed by atoms with Crippen LogP contribution in [-0.2, 0) is 16.6 Å². The van der Waals surface area contributed by atoms with E-state index in [1.54, 1.807) is 12.4 Å². The molecule has 0 amide bonds. The Bertz CT molecular complexity index is 925. The molecule has 8 nitrogen and oxygen atoms in total. The molecule has 0 aliphatic heterocycles. The van der Waals surface area contributed by atoms with Gasteiger partial charge in [0.05, 0.1) is 18.1 Å². The summed E-state index contributed by atoms with van der Waals surface area (Å²) in [6.45, 7) is 0.235. The fourth-order valence-electron chi connectivity index (χ4n) is 2.10. The summed E-state index contributed by atoms with van der Waals surface area (Å²) >= 11 is 0. The van der Waals surface area contributed by atoms with E-state index in [0.717, 1.165) is 28.8 Å². The number of aromatic amines is 1. The molecule has 2 heterocycles. The van der Waals surface area contributed by atoms with Gasteiger partial charge in [0.2, 0.25) is 10.0 Å². The van der Waals surface area contributed by atoms with Crippen molar-refractivity contribution in [3.63, 3.8) is 0 Å². The molecule has 0 spiro atoms. The third-order valence-electron chi connectivity index (χ3n) is 3.20. The van der Waals surface area contributed by atoms with Crippen LogP contribution < -0.4 is 10.0 Å². The first-order valence-corrected chi connectivity index (χ1v) is 9.00. The maximum Gasteiger partial charge on any atom is 0.209 e. The summed E-state index contributed by atoms with van der Waals surface area (Å²) in [5.41, 5.74) is 3.26. The molecule has 0 saturated carbocycles. The summed E-state index contributed by atoms with van der Waals surface area (Å²) in [6, 6.07) is 9.24. The summed E-state index contributed by atoms with van der Waals surface area (Å²) in [5.74, 6) is 0.634. The third-order valence-corrected chi connectivity index (χ3v) is 3.87. The number of nitrogens with zero attached hydrogens (tertiary/aromatic N) is 3. The molecule has 2 aromatic heterocycles. The summed E-state index contributed by atoms with van der Waals surface area (Å²) in [6.07, 6.45) is 6.04. The maximum absolute atomic E-state index is 11.2. The smallest absolute Gasteiger partial charge is 0.209 e. The number of aromatic nitrogens is 4. The summed E-state index contributed by atoms with van der Waals surface area (Å²) in [7, 11) is -3.22. The highest BCUT2D eigenvalue weighted by Crippen LogP contribution is 2.20. The highest BCUT2D eigenvalue weighted by molar-refractivity contribution is 7.88. The van der Waals surface area contributed by atoms with Crippen molar-refractivity contribution < 1.29 is 8.42 Å². The van der Waals surface area contributed by atoms with Crippen molar-refractivity contribution in [1.29, 1.82) is 0 Å². The van der Waals surface area contributed by atoms with Gasteiger partial charge in [0.25, 0.3) is 0 Å². The Kier molecular flexibility index (Phi) is 4.54. The van der Waals surface area contributed by atoms with E-state index in [1.165, 1.54) is 6.33 Å². The van der Waals surface area contributed by atoms with Gasteiger partial charge in [-0.3, -0.25) is 5.10 Å². The summed E-state index contributed by atoms with van der Waals surface area (Å²) < 4.78 is 24.8. The van der Waals surface area contributed by atoms with E-state index >= 15 is 0 Å². The van der Waals surface area contributed by atoms with Crippen LogP contribution in [0.4, 0.5) is 11.5 Å². The van der Waals surface area contributed by atoms with Crippen molar-refractivity contribution in [2.45, 2.75) is 6.54 Å². The van der Waals surface area contributed by atoms with Crippen molar-refractivity contribution in [1.82, 2.24) is 24.9 Å². The maximum atomic E-state index is 11.2. The standard InChI is InChI=1S/C15H16N6O2S/c1-24(22,23)20-7-11-3-2-4-13(5-11)21-15-6-14(16-10-17-15)12-8-18-19-9-12/h2-6,8-10,20H,7H2,1H3,(H,18,19)(H,16,17,21). The molecule has 3 N–H and O–H groups in total. The van der Waals surface area contributed by atoms with Crippen LogP contribution in [0.15, 0.2) is 49.1 Å². The van der Waals surface area contributed by atoms with Gasteiger partial charge in [-0.1, -0.05) is 12.1 Å². The third kappa shape index (κ3) is 4.37. The zero-order valence-corrected chi connectivity index (χ0v) is 13.7. The molecule has 0 radical (unpaired) electrons. The first-order valence-electron chi connectivity index (χ1n) is 7.11. The van der Waals surface area contributed by atoms with Crippen LogP contribution in [0, 0.1) is 0 Å². The minimum absolute atomic E-state index is 0.235. The van der Waals surface area contributed by atoms with E-state index in [-0.39, 0.29) is 6.54 Å². The van der Waals surface area contributed by atoms with E-state index in [4.69, 9.17) is 0 Å². The Morgan fingerprint density at radius 2 is 2.08 bits per heavy atom. The van der Waals surface area contributed by atoms with Gasteiger partial charge in [0.15, 0.2) is 0 Å². The van der Waals surface area contributed by atoms with E-state index in [0.29, 0.717) is 5.82 Å². The quantitative estimate of drug-likeness (QED) is 0.627. The minimum atomic E-state index is -3.22. The Labute approximate surface area is 139 Å². The SMILES string of the molecule is CS(=O)(=O)NCc1cccc(Nc2cc(-c3cn[nH]c3)ncn2)c1. The van der Waals surface area contributed by atoms with Crippen LogP contribution >= 0.6 is 0 Å². The predicted molar refractivity (Wildman–Crippen MR) is 91.0 cm³/mol. The molecule has 0 saturated heterocycles. The monoisotopic (exact) mass is 344 g/mol. The lowest BCUT2D eigenvalue weighted by Gasteiger charge is -2.09. The van der Waals surface area contributed by atoms with Crippen molar-refractivity contribution in [2.75, 3.05) is 11.6 Å². The average molecular weight is 344 g/mol. The molecule has 0 bridgehead atoms. The molecular weight excluding hydrogens is 328 g/mol. The number of benzene rings is 1. The molecule has 124 valence electrons. The van der Waals surface area contributed by atoms with E-state index in [9.17, 15) is 8.42 Å². The van der Waals surface area contributed by atoms with Gasteiger partial charge in [0, 0.05) is 30.1 Å². The van der Waals surface area contributed by atoms with E-state index in [1.807, 2.05) is 30.3 Å². The molecule has 0 atom stereocenters. The fourth-order valence-corrected chi connectivity index (χ4v) is 2.52. The lowest BCUT2D eigenvalue weighted by Crippen LogP contribution is -2.21. The number of hydrogen-bond acceptors (Lipinski definition) is 6. The van der Waals surface area contributed by atoms with Crippen molar-refractivity contribution in [3.05, 3.63) is 54.6 Å². The van der Waals surface area contributed by atoms with Gasteiger partial charge in [-0.2, -0.15) is 5.10 Å². The van der Waals surface area contributed by atoms with Gasteiger partial charge in [-0.15, -0.1) is 0 Å². The van der Waals surface area contributed by atoms with Gasteiger partial charge in [-0.25, -0.2) is 23.1 Å². The van der Waals surface area contributed by atoms with Crippen LogP contribution in [0.5, 0.6) is 0 Å². The number of hydrogen-bond donors (Lipinski definition) is 3. The Morgan fingerprint density at radius 3 is 2.83 bits per heavy atom. The number of H-pyrrole nitrogens is 1. The number of rotatable bonds is 6. The largest absolute Gasteiger partial charge is 0.340 e. The van der Waals surface area contributed by atoms with Crippen LogP contribution in [0.25, 0.3) is 11.3 Å². The first kappa shape index (κ1) is 16.1. The summed E-state index contributed by atoms with van der Waals surface area (Å²) in [5, 5.41) is 9.83. The molecule has 0 aliphatic rings. The van der Waals surface area contributed by atoms with Gasteiger partial charge in [0.1, 0.15) is 12.1 Å². The van der Waals surface area contributed by atoms with Crippen LogP contribution in [0.1, 0.15) is 5.56 Å². The van der Waals surface area contributed by atoms with Gasteiger partial charge >= 0.3 is 0 Å². The highest BCUT2D eigenvalue weighted by Gasteiger charge is 2.05. The Balaban J connectivity index is 1.75. The molecule has 0 unspecified atom stereocenters. The van der Waals surface area contributed by atoms with Crippen molar-refractivity contribution in [2.24, 2.45) is 0 Å². The molecule has 3 rings (SSSR count). The fraction of sp³-hybridized carbons (Fsp3) is 0.133. The molecule has 1 aromatic carbocycles. The Morgan fingerprint density at radius 1 is 1.21 bits per heavy atom. The lowest BCUT2D eigenvalue weighted by molar-refractivity contribution is 0.587. The lowest BCUT2D eigenvalue weighted by atomic mass is 10.2. The highest BCUT2D eigenvalue weighted by atomic mass is 32.2. The topological polar surface area (TPSA) is 113 Å². The van der Waals surface area contributed by atoms with Crippen LogP contribution in [-0.4, -0.2) is 34.8 Å². The van der Waals surface area contributed by atoms with E-state index in [2.05, 4.69) is 30.2 Å². The molecular formula is C15H16N6O2S. The molecule has 9 heteroatoms. The van der Waals surface area contributed by atoms with Crippen molar-refractivity contribution >= 4 is 21.5 Å². The van der Waals surface area contributed by atoms with Gasteiger partial charge < -0.3 is 5.32 Å². The zero-order valence-electron chi connectivity index (χ0n) is 12.9. The first-order chi connectivity index (χ1) is 11.5. The average Bonchev–Trinajstić information content (AvgIpc) is 3.07. The minimum Gasteiger partial charge on any atom is -0.340 e. The number of sulfonamides is 1. The van der Waals surface area contributed by atoms with Crippen LogP contribution in [0.2, 0.25) is 0 Å². The second-order valence-corrected chi connectivity index (χ2v) is 7.03. The zero-order chi connectivity index (χ0) is 17.0. The van der Waals surface area contributed by atoms with E-state index < -0.39 is 10.0 Å². The predicted octanol–water partition coefficient (Wildman–Crippen LogP) is 1.66. The molecule has 0 aliphatic carbocycles. The summed E-state index contributed by atoms with van der Waals surface area (Å²) in [4.78, 5) is 8.40.